The molecule has 1 N–H and O–H groups in total. The van der Waals surface area contributed by atoms with Crippen LogP contribution in [0.15, 0.2) is 42.7 Å². The van der Waals surface area contributed by atoms with E-state index in [4.69, 9.17) is 14.2 Å². The standard InChI is InChI=1S/C26H26F3N7O4/c1-25(2)39-14-18(40-25)13-38-20-6-8-30-23(32-20)34-24(37)36-17-7-9-35(12-17)19-11-31-21(33-22(19)36)15-4-3-5-16(10-15)26(27,28)29/h3-6,8,10-11,17-18H,7,9,12-14H2,1-2H3,(H,30,32,34,37)/t17?,18-/m1/s1. The number of carbonyl (C=O) groups is 1. The SMILES string of the molecule is CC1(C)OC[C@@H](COc2ccnc(NC(=O)N3c4nc(-c5cccc(C(F)(F)F)c5)ncc4N4CCC3C4)n2)O1. The molecule has 0 aliphatic carbocycles. The zero-order chi connectivity index (χ0) is 28.1. The molecule has 2 atom stereocenters. The minimum absolute atomic E-state index is 0.0283. The second kappa shape index (κ2) is 9.86. The van der Waals surface area contributed by atoms with Crippen molar-refractivity contribution in [3.8, 4) is 17.3 Å². The van der Waals surface area contributed by atoms with Crippen molar-refractivity contribution in [3.63, 3.8) is 0 Å². The molecule has 2 saturated heterocycles. The van der Waals surface area contributed by atoms with Gasteiger partial charge in [0, 0.05) is 30.9 Å². The van der Waals surface area contributed by atoms with Gasteiger partial charge in [0.1, 0.15) is 12.7 Å². The van der Waals surface area contributed by atoms with Crippen molar-refractivity contribution >= 4 is 23.5 Å². The lowest BCUT2D eigenvalue weighted by atomic mass is 10.1. The van der Waals surface area contributed by atoms with Gasteiger partial charge >= 0.3 is 12.2 Å². The summed E-state index contributed by atoms with van der Waals surface area (Å²) in [5.74, 6) is -0.0104. The van der Waals surface area contributed by atoms with Gasteiger partial charge in [-0.05, 0) is 32.4 Å². The fraction of sp³-hybridized carbons (Fsp3) is 0.423. The first-order valence-corrected chi connectivity index (χ1v) is 12.7. The molecule has 6 rings (SSSR count). The highest BCUT2D eigenvalue weighted by Crippen LogP contribution is 2.40. The molecule has 2 aromatic heterocycles. The molecule has 0 spiro atoms. The molecule has 40 heavy (non-hydrogen) atoms. The minimum Gasteiger partial charge on any atom is -0.475 e. The smallest absolute Gasteiger partial charge is 0.416 e. The van der Waals surface area contributed by atoms with E-state index in [2.05, 4.69) is 30.2 Å². The van der Waals surface area contributed by atoms with Gasteiger partial charge in [-0.2, -0.15) is 18.2 Å². The maximum atomic E-state index is 13.5. The van der Waals surface area contributed by atoms with E-state index in [0.29, 0.717) is 37.6 Å². The fourth-order valence-corrected chi connectivity index (χ4v) is 5.01. The van der Waals surface area contributed by atoms with Crippen LogP contribution in [0.25, 0.3) is 11.4 Å². The van der Waals surface area contributed by atoms with Crippen molar-refractivity contribution in [2.45, 2.75) is 44.4 Å². The Bertz CT molecular complexity index is 1440. The van der Waals surface area contributed by atoms with Crippen LogP contribution in [0.4, 0.5) is 35.4 Å². The summed E-state index contributed by atoms with van der Waals surface area (Å²) in [4.78, 5) is 34.4. The van der Waals surface area contributed by atoms with Crippen molar-refractivity contribution < 1.29 is 32.2 Å². The first kappa shape index (κ1) is 26.2. The van der Waals surface area contributed by atoms with Crippen LogP contribution in [-0.2, 0) is 15.7 Å². The molecule has 0 radical (unpaired) electrons. The fourth-order valence-electron chi connectivity index (χ4n) is 5.01. The lowest BCUT2D eigenvalue weighted by Gasteiger charge is -2.35. The van der Waals surface area contributed by atoms with Gasteiger partial charge in [0.2, 0.25) is 11.8 Å². The molecule has 1 aromatic carbocycles. The molecular formula is C26H26F3N7O4. The number of ether oxygens (including phenoxy) is 3. The highest BCUT2D eigenvalue weighted by Gasteiger charge is 2.41. The normalized spacial score (nSPS) is 21.3. The van der Waals surface area contributed by atoms with Crippen LogP contribution < -0.4 is 19.9 Å². The van der Waals surface area contributed by atoms with Gasteiger partial charge in [0.05, 0.1) is 30.1 Å². The lowest BCUT2D eigenvalue weighted by molar-refractivity contribution is -0.141. The van der Waals surface area contributed by atoms with Crippen LogP contribution >= 0.6 is 0 Å². The van der Waals surface area contributed by atoms with Crippen molar-refractivity contribution in [2.24, 2.45) is 0 Å². The number of hydrogen-bond acceptors (Lipinski definition) is 9. The van der Waals surface area contributed by atoms with Crippen LogP contribution in [0.5, 0.6) is 5.88 Å². The molecule has 2 fully saturated rings. The van der Waals surface area contributed by atoms with E-state index in [0.717, 1.165) is 12.1 Å². The summed E-state index contributed by atoms with van der Waals surface area (Å²) in [7, 11) is 0. The number of hydrogen-bond donors (Lipinski definition) is 1. The molecule has 5 heterocycles. The Morgan fingerprint density at radius 2 is 2.08 bits per heavy atom. The van der Waals surface area contributed by atoms with Gasteiger partial charge < -0.3 is 19.1 Å². The first-order valence-electron chi connectivity index (χ1n) is 12.7. The number of benzene rings is 1. The average molecular weight is 558 g/mol. The molecule has 1 unspecified atom stereocenters. The summed E-state index contributed by atoms with van der Waals surface area (Å²) in [5.41, 5.74) is 0.0122. The number of carbonyl (C=O) groups excluding carboxylic acids is 1. The number of amides is 2. The molecule has 3 aromatic rings. The molecule has 3 aliphatic rings. The molecule has 11 nitrogen and oxygen atoms in total. The Morgan fingerprint density at radius 1 is 1.23 bits per heavy atom. The highest BCUT2D eigenvalue weighted by molar-refractivity contribution is 6.03. The summed E-state index contributed by atoms with van der Waals surface area (Å²) in [5, 5.41) is 2.71. The molecule has 2 amide bonds. The van der Waals surface area contributed by atoms with Gasteiger partial charge in [-0.15, -0.1) is 0 Å². The Morgan fingerprint density at radius 3 is 2.85 bits per heavy atom. The summed E-state index contributed by atoms with van der Waals surface area (Å²) >= 11 is 0. The molecule has 210 valence electrons. The third-order valence-electron chi connectivity index (χ3n) is 6.85. The second-order valence-corrected chi connectivity index (χ2v) is 10.1. The van der Waals surface area contributed by atoms with Gasteiger partial charge in [-0.3, -0.25) is 10.2 Å². The number of aromatic nitrogens is 4. The largest absolute Gasteiger partial charge is 0.475 e. The van der Waals surface area contributed by atoms with Crippen molar-refractivity contribution in [3.05, 3.63) is 48.3 Å². The van der Waals surface area contributed by atoms with Gasteiger partial charge in [0.25, 0.3) is 0 Å². The van der Waals surface area contributed by atoms with E-state index in [1.54, 1.807) is 12.3 Å². The maximum absolute atomic E-state index is 13.5. The first-order chi connectivity index (χ1) is 19.1. The van der Waals surface area contributed by atoms with E-state index in [1.807, 2.05) is 13.8 Å². The van der Waals surface area contributed by atoms with E-state index >= 15 is 0 Å². The Labute approximate surface area is 227 Å². The third-order valence-corrected chi connectivity index (χ3v) is 6.85. The number of halogens is 3. The number of rotatable bonds is 5. The van der Waals surface area contributed by atoms with Crippen LogP contribution in [-0.4, -0.2) is 70.2 Å². The van der Waals surface area contributed by atoms with Crippen LogP contribution in [0, 0.1) is 0 Å². The van der Waals surface area contributed by atoms with Crippen LogP contribution in [0.3, 0.4) is 0 Å². The molecule has 3 aliphatic heterocycles. The average Bonchev–Trinajstić information content (AvgIpc) is 3.50. The monoisotopic (exact) mass is 557 g/mol. The number of anilines is 3. The number of alkyl halides is 3. The predicted molar refractivity (Wildman–Crippen MR) is 137 cm³/mol. The van der Waals surface area contributed by atoms with Crippen LogP contribution in [0.2, 0.25) is 0 Å². The van der Waals surface area contributed by atoms with Gasteiger partial charge in [0.15, 0.2) is 17.4 Å². The third kappa shape index (κ3) is 5.23. The summed E-state index contributed by atoms with van der Waals surface area (Å²) < 4.78 is 56.9. The Hall–Kier alpha value is -4.04. The molecule has 14 heteroatoms. The van der Waals surface area contributed by atoms with Crippen LogP contribution in [0.1, 0.15) is 25.8 Å². The van der Waals surface area contributed by atoms with E-state index in [1.165, 1.54) is 23.2 Å². The van der Waals surface area contributed by atoms with Crippen molar-refractivity contribution in [1.82, 2.24) is 19.9 Å². The number of fused-ring (bicyclic) bond motifs is 4. The molecule has 2 bridgehead atoms. The maximum Gasteiger partial charge on any atom is 0.416 e. The topological polar surface area (TPSA) is 115 Å². The van der Waals surface area contributed by atoms with E-state index in [9.17, 15) is 18.0 Å². The Balaban J connectivity index is 1.22. The van der Waals surface area contributed by atoms with E-state index < -0.39 is 23.6 Å². The summed E-state index contributed by atoms with van der Waals surface area (Å²) in [6, 6.07) is 5.64. The van der Waals surface area contributed by atoms with E-state index in [-0.39, 0.29) is 42.0 Å². The molecule has 0 saturated carbocycles. The predicted octanol–water partition coefficient (Wildman–Crippen LogP) is 4.11. The summed E-state index contributed by atoms with van der Waals surface area (Å²) in [6.45, 7) is 5.51. The second-order valence-electron chi connectivity index (χ2n) is 10.1. The van der Waals surface area contributed by atoms with Gasteiger partial charge in [-0.1, -0.05) is 12.1 Å². The zero-order valence-electron chi connectivity index (χ0n) is 21.7. The zero-order valence-corrected chi connectivity index (χ0v) is 21.7. The number of nitrogens with zero attached hydrogens (tertiary/aromatic N) is 6. The number of nitrogens with one attached hydrogen (secondary N) is 1. The van der Waals surface area contributed by atoms with Gasteiger partial charge in [-0.25, -0.2) is 19.7 Å². The van der Waals surface area contributed by atoms with Crippen molar-refractivity contribution in [1.29, 1.82) is 0 Å². The minimum atomic E-state index is -4.51. The highest BCUT2D eigenvalue weighted by atomic mass is 19.4. The Kier molecular flexibility index (Phi) is 6.45. The lowest BCUT2D eigenvalue weighted by Crippen LogP contribution is -2.48. The molecular weight excluding hydrogens is 531 g/mol. The quantitative estimate of drug-likeness (QED) is 0.495. The number of urea groups is 1. The van der Waals surface area contributed by atoms with Crippen molar-refractivity contribution in [2.75, 3.05) is 41.4 Å². The summed E-state index contributed by atoms with van der Waals surface area (Å²) in [6.07, 6.45) is -1.08.